The van der Waals surface area contributed by atoms with Gasteiger partial charge in [0, 0.05) is 37.9 Å². The fraction of sp³-hybridized carbons (Fsp3) is 0.625. The SMILES string of the molecule is COc1ccc(CNc2ncnc3c2ccn3C2CC(CN(CC3CCC3)C3CCC3)[C@@H](OC(C)(C)O)C2)cc1. The van der Waals surface area contributed by atoms with Gasteiger partial charge in [-0.15, -0.1) is 0 Å². The molecule has 0 radical (unpaired) electrons. The summed E-state index contributed by atoms with van der Waals surface area (Å²) in [6, 6.07) is 11.2. The van der Waals surface area contributed by atoms with Gasteiger partial charge in [-0.1, -0.05) is 25.0 Å². The van der Waals surface area contributed by atoms with Gasteiger partial charge in [0.15, 0.2) is 5.79 Å². The molecule has 0 spiro atoms. The molecule has 2 unspecified atom stereocenters. The lowest BCUT2D eigenvalue weighted by Crippen LogP contribution is -2.47. The highest BCUT2D eigenvalue weighted by atomic mass is 16.6. The number of aliphatic hydroxyl groups is 1. The van der Waals surface area contributed by atoms with Gasteiger partial charge in [0.25, 0.3) is 0 Å². The molecule has 3 aliphatic rings. The van der Waals surface area contributed by atoms with Crippen LogP contribution in [0.1, 0.15) is 76.8 Å². The average Bonchev–Trinajstić information content (AvgIpc) is 3.47. The number of rotatable bonds is 12. The van der Waals surface area contributed by atoms with Crippen LogP contribution in [0.5, 0.6) is 5.75 Å². The van der Waals surface area contributed by atoms with E-state index in [1.54, 1.807) is 27.3 Å². The fourth-order valence-electron chi connectivity index (χ4n) is 6.76. The molecule has 3 aromatic rings. The number of ether oxygens (including phenoxy) is 2. The summed E-state index contributed by atoms with van der Waals surface area (Å²) in [5.74, 6) is 1.79. The standard InChI is InChI=1S/C32H45N5O3/c1-32(2,38)40-29-17-26(16-24(29)20-36(25-8-5-9-25)19-23-6-4-7-23)37-15-14-28-30(34-21-35-31(28)37)33-18-22-10-12-27(39-3)13-11-22/h10-15,21,23-26,29,38H,4-9,16-20H2,1-3H3,(H,33,34,35)/t24?,26?,29-/m0/s1. The van der Waals surface area contributed by atoms with E-state index in [4.69, 9.17) is 14.5 Å². The molecule has 3 fully saturated rings. The Kier molecular flexibility index (Phi) is 8.02. The van der Waals surface area contributed by atoms with Gasteiger partial charge < -0.3 is 24.5 Å². The molecule has 8 nitrogen and oxygen atoms in total. The Hall–Kier alpha value is -2.68. The minimum Gasteiger partial charge on any atom is -0.497 e. The van der Waals surface area contributed by atoms with Gasteiger partial charge in [0.1, 0.15) is 23.5 Å². The summed E-state index contributed by atoms with van der Waals surface area (Å²) in [4.78, 5) is 12.1. The third-order valence-corrected chi connectivity index (χ3v) is 9.34. The number of nitrogens with zero attached hydrogens (tertiary/aromatic N) is 4. The number of nitrogens with one attached hydrogen (secondary N) is 1. The highest BCUT2D eigenvalue weighted by molar-refractivity contribution is 5.87. The topological polar surface area (TPSA) is 84.7 Å². The number of methoxy groups -OCH3 is 1. The molecule has 0 bridgehead atoms. The Morgan fingerprint density at radius 2 is 1.80 bits per heavy atom. The van der Waals surface area contributed by atoms with E-state index in [1.165, 1.54) is 45.1 Å². The van der Waals surface area contributed by atoms with Crippen LogP contribution in [0.4, 0.5) is 5.82 Å². The van der Waals surface area contributed by atoms with Gasteiger partial charge in [-0.2, -0.15) is 0 Å². The molecular formula is C32H45N5O3. The number of aromatic nitrogens is 3. The molecule has 3 aliphatic carbocycles. The van der Waals surface area contributed by atoms with Crippen LogP contribution in [-0.4, -0.2) is 62.7 Å². The number of hydrogen-bond acceptors (Lipinski definition) is 7. The van der Waals surface area contributed by atoms with Crippen molar-refractivity contribution in [3.63, 3.8) is 0 Å². The van der Waals surface area contributed by atoms with E-state index in [1.807, 2.05) is 12.1 Å². The second kappa shape index (κ2) is 11.7. The van der Waals surface area contributed by atoms with E-state index in [9.17, 15) is 5.11 Å². The van der Waals surface area contributed by atoms with Gasteiger partial charge in [-0.05, 0) is 88.0 Å². The van der Waals surface area contributed by atoms with Crippen LogP contribution < -0.4 is 10.1 Å². The number of benzene rings is 1. The number of anilines is 1. The first-order valence-electron chi connectivity index (χ1n) is 15.2. The second-order valence-electron chi connectivity index (χ2n) is 12.7. The number of hydrogen-bond donors (Lipinski definition) is 2. The zero-order chi connectivity index (χ0) is 27.7. The van der Waals surface area contributed by atoms with Crippen molar-refractivity contribution in [3.8, 4) is 5.75 Å². The molecular weight excluding hydrogens is 502 g/mol. The highest BCUT2D eigenvalue weighted by Gasteiger charge is 2.41. The van der Waals surface area contributed by atoms with Crippen molar-refractivity contribution in [3.05, 3.63) is 48.4 Å². The molecule has 0 aliphatic heterocycles. The van der Waals surface area contributed by atoms with Crippen molar-refractivity contribution in [1.29, 1.82) is 0 Å². The average molecular weight is 548 g/mol. The van der Waals surface area contributed by atoms with E-state index >= 15 is 0 Å². The predicted molar refractivity (Wildman–Crippen MR) is 157 cm³/mol. The molecule has 3 saturated carbocycles. The number of fused-ring (bicyclic) bond motifs is 1. The van der Waals surface area contributed by atoms with Crippen molar-refractivity contribution in [2.75, 3.05) is 25.5 Å². The van der Waals surface area contributed by atoms with Crippen molar-refractivity contribution in [2.45, 2.75) is 95.7 Å². The maximum absolute atomic E-state index is 10.6. The molecule has 216 valence electrons. The van der Waals surface area contributed by atoms with Gasteiger partial charge in [0.2, 0.25) is 0 Å². The molecule has 1 aromatic carbocycles. The minimum atomic E-state index is -1.15. The molecule has 2 aromatic heterocycles. The van der Waals surface area contributed by atoms with E-state index in [0.29, 0.717) is 12.5 Å². The van der Waals surface area contributed by atoms with Crippen molar-refractivity contribution < 1.29 is 14.6 Å². The van der Waals surface area contributed by atoms with Crippen LogP contribution in [0.2, 0.25) is 0 Å². The van der Waals surface area contributed by atoms with Crippen LogP contribution in [-0.2, 0) is 11.3 Å². The highest BCUT2D eigenvalue weighted by Crippen LogP contribution is 2.42. The third kappa shape index (κ3) is 6.14. The van der Waals surface area contributed by atoms with Gasteiger partial charge >= 0.3 is 0 Å². The summed E-state index contributed by atoms with van der Waals surface area (Å²) in [6.07, 6.45) is 13.9. The van der Waals surface area contributed by atoms with Gasteiger partial charge in [-0.3, -0.25) is 4.90 Å². The maximum Gasteiger partial charge on any atom is 0.160 e. The first kappa shape index (κ1) is 27.5. The van der Waals surface area contributed by atoms with Crippen LogP contribution in [0.3, 0.4) is 0 Å². The van der Waals surface area contributed by atoms with Crippen LogP contribution >= 0.6 is 0 Å². The lowest BCUT2D eigenvalue weighted by molar-refractivity contribution is -0.214. The molecule has 3 atom stereocenters. The van der Waals surface area contributed by atoms with Crippen molar-refractivity contribution >= 4 is 16.9 Å². The molecule has 8 heteroatoms. The van der Waals surface area contributed by atoms with Crippen molar-refractivity contribution in [1.82, 2.24) is 19.4 Å². The summed E-state index contributed by atoms with van der Waals surface area (Å²) in [6.45, 7) is 6.47. The summed E-state index contributed by atoms with van der Waals surface area (Å²) in [5.41, 5.74) is 2.11. The fourth-order valence-corrected chi connectivity index (χ4v) is 6.76. The first-order valence-corrected chi connectivity index (χ1v) is 15.2. The minimum absolute atomic E-state index is 0.0147. The Morgan fingerprint density at radius 3 is 2.45 bits per heavy atom. The lowest BCUT2D eigenvalue weighted by Gasteiger charge is -2.43. The Bertz CT molecular complexity index is 1260. The van der Waals surface area contributed by atoms with Crippen molar-refractivity contribution in [2.24, 2.45) is 11.8 Å². The molecule has 2 N–H and O–H groups in total. The summed E-state index contributed by atoms with van der Waals surface area (Å²) in [7, 11) is 1.68. The maximum atomic E-state index is 10.6. The molecule has 6 rings (SSSR count). The predicted octanol–water partition coefficient (Wildman–Crippen LogP) is 5.77. The van der Waals surface area contributed by atoms with E-state index in [-0.39, 0.29) is 12.1 Å². The molecule has 0 saturated heterocycles. The smallest absolute Gasteiger partial charge is 0.160 e. The zero-order valence-electron chi connectivity index (χ0n) is 24.3. The zero-order valence-corrected chi connectivity index (χ0v) is 24.3. The molecule has 40 heavy (non-hydrogen) atoms. The molecule has 2 heterocycles. The third-order valence-electron chi connectivity index (χ3n) is 9.34. The first-order chi connectivity index (χ1) is 19.4. The Balaban J connectivity index is 1.19. The summed E-state index contributed by atoms with van der Waals surface area (Å²) in [5, 5.41) is 15.2. The van der Waals surface area contributed by atoms with Crippen LogP contribution in [0, 0.1) is 11.8 Å². The quantitative estimate of drug-likeness (QED) is 0.279. The van der Waals surface area contributed by atoms with E-state index in [2.05, 4.69) is 44.2 Å². The summed E-state index contributed by atoms with van der Waals surface area (Å²) < 4.78 is 13.9. The molecule has 0 amide bonds. The van der Waals surface area contributed by atoms with E-state index in [0.717, 1.165) is 59.5 Å². The monoisotopic (exact) mass is 547 g/mol. The van der Waals surface area contributed by atoms with Crippen LogP contribution in [0.25, 0.3) is 11.0 Å². The second-order valence-corrected chi connectivity index (χ2v) is 12.7. The largest absolute Gasteiger partial charge is 0.497 e. The lowest BCUT2D eigenvalue weighted by atomic mass is 9.82. The van der Waals surface area contributed by atoms with Gasteiger partial charge in [-0.25, -0.2) is 9.97 Å². The van der Waals surface area contributed by atoms with Gasteiger partial charge in [0.05, 0.1) is 18.6 Å². The van der Waals surface area contributed by atoms with E-state index < -0.39 is 5.79 Å². The Morgan fingerprint density at radius 1 is 1.02 bits per heavy atom. The normalized spacial score (nSPS) is 23.9. The Labute approximate surface area is 238 Å². The summed E-state index contributed by atoms with van der Waals surface area (Å²) >= 11 is 0. The van der Waals surface area contributed by atoms with Crippen LogP contribution in [0.15, 0.2) is 42.9 Å².